The topological polar surface area (TPSA) is 49.8 Å². The first-order valence-corrected chi connectivity index (χ1v) is 8.42. The molecule has 1 heterocycles. The number of carbonyl (C=O) groups excluding carboxylic acids is 1. The highest BCUT2D eigenvalue weighted by atomic mass is 32.1. The van der Waals surface area contributed by atoms with Gasteiger partial charge in [-0.1, -0.05) is 12.1 Å². The highest BCUT2D eigenvalue weighted by Gasteiger charge is 2.17. The van der Waals surface area contributed by atoms with Crippen LogP contribution >= 0.6 is 11.3 Å². The number of ether oxygens (including phenoxy) is 1. The molecule has 1 unspecified atom stereocenters. The first-order chi connectivity index (χ1) is 10.9. The Balaban J connectivity index is 2.18. The number of methoxy groups -OCH3 is 1. The van der Waals surface area contributed by atoms with Crippen molar-refractivity contribution >= 4 is 17.2 Å². The summed E-state index contributed by atoms with van der Waals surface area (Å²) < 4.78 is 5.18. The van der Waals surface area contributed by atoms with Crippen LogP contribution in [0.4, 0.5) is 0 Å². The summed E-state index contributed by atoms with van der Waals surface area (Å²) >= 11 is 1.50. The van der Waals surface area contributed by atoms with Crippen molar-refractivity contribution in [1.82, 2.24) is 4.90 Å². The third-order valence-electron chi connectivity index (χ3n) is 3.76. The minimum atomic E-state index is -0.398. The Labute approximate surface area is 141 Å². The second kappa shape index (κ2) is 7.62. The van der Waals surface area contributed by atoms with Crippen LogP contribution in [0.15, 0.2) is 30.3 Å². The molecule has 0 aliphatic rings. The number of carbonyl (C=O) groups is 1. The van der Waals surface area contributed by atoms with E-state index in [9.17, 15) is 9.90 Å². The Kier molecular flexibility index (Phi) is 5.80. The molecule has 0 radical (unpaired) electrons. The quantitative estimate of drug-likeness (QED) is 0.879. The van der Waals surface area contributed by atoms with Gasteiger partial charge in [-0.15, -0.1) is 11.3 Å². The average molecular weight is 333 g/mol. The normalized spacial score (nSPS) is 12.0. The Hall–Kier alpha value is -1.85. The monoisotopic (exact) mass is 333 g/mol. The number of aliphatic hydroxyl groups excluding tert-OH is 1. The number of benzene rings is 1. The predicted octanol–water partition coefficient (Wildman–Crippen LogP) is 3.58. The first kappa shape index (κ1) is 17.5. The minimum Gasteiger partial charge on any atom is -0.497 e. The van der Waals surface area contributed by atoms with Gasteiger partial charge in [-0.25, -0.2) is 0 Å². The zero-order valence-electron chi connectivity index (χ0n) is 14.0. The van der Waals surface area contributed by atoms with Gasteiger partial charge in [0.15, 0.2) is 0 Å². The smallest absolute Gasteiger partial charge is 0.263 e. The largest absolute Gasteiger partial charge is 0.497 e. The van der Waals surface area contributed by atoms with E-state index in [1.54, 1.807) is 26.0 Å². The maximum Gasteiger partial charge on any atom is 0.263 e. The van der Waals surface area contributed by atoms with Crippen molar-refractivity contribution < 1.29 is 14.6 Å². The fourth-order valence-electron chi connectivity index (χ4n) is 2.31. The number of aliphatic hydroxyl groups is 1. The molecule has 2 aromatic rings. The fourth-order valence-corrected chi connectivity index (χ4v) is 3.35. The molecule has 1 amide bonds. The summed E-state index contributed by atoms with van der Waals surface area (Å²) in [6.45, 7) is 4.30. The van der Waals surface area contributed by atoms with Crippen molar-refractivity contribution in [3.8, 4) is 16.9 Å². The Morgan fingerprint density at radius 1 is 1.35 bits per heavy atom. The lowest BCUT2D eigenvalue weighted by molar-refractivity contribution is 0.0773. The molecular weight excluding hydrogens is 310 g/mol. The lowest BCUT2D eigenvalue weighted by Gasteiger charge is -2.16. The van der Waals surface area contributed by atoms with E-state index in [2.05, 4.69) is 0 Å². The van der Waals surface area contributed by atoms with Crippen LogP contribution in [0.1, 0.15) is 27.9 Å². The molecule has 5 heteroatoms. The summed E-state index contributed by atoms with van der Waals surface area (Å²) in [6.07, 6.45) is 0.183. The molecule has 0 bridgehead atoms. The molecule has 23 heavy (non-hydrogen) atoms. The van der Waals surface area contributed by atoms with Gasteiger partial charge >= 0.3 is 0 Å². The maximum absolute atomic E-state index is 12.5. The average Bonchev–Trinajstić information content (AvgIpc) is 2.93. The zero-order chi connectivity index (χ0) is 17.0. The highest BCUT2D eigenvalue weighted by molar-refractivity contribution is 7.14. The first-order valence-electron chi connectivity index (χ1n) is 7.60. The molecule has 1 N–H and O–H groups in total. The molecule has 0 saturated heterocycles. The molecule has 0 aliphatic carbocycles. The van der Waals surface area contributed by atoms with Crippen LogP contribution in [0, 0.1) is 6.92 Å². The summed E-state index contributed by atoms with van der Waals surface area (Å²) in [7, 11) is 3.41. The van der Waals surface area contributed by atoms with Crippen molar-refractivity contribution in [3.63, 3.8) is 0 Å². The van der Waals surface area contributed by atoms with Crippen LogP contribution in [0.2, 0.25) is 0 Å². The molecule has 0 spiro atoms. The van der Waals surface area contributed by atoms with E-state index in [-0.39, 0.29) is 5.91 Å². The van der Waals surface area contributed by atoms with Gasteiger partial charge in [-0.2, -0.15) is 0 Å². The molecule has 0 saturated carbocycles. The molecular formula is C18H23NO3S. The van der Waals surface area contributed by atoms with Crippen LogP contribution < -0.4 is 4.74 Å². The molecule has 2 rings (SSSR count). The molecule has 124 valence electrons. The second-order valence-electron chi connectivity index (χ2n) is 5.67. The van der Waals surface area contributed by atoms with Crippen LogP contribution in [0.3, 0.4) is 0 Å². The van der Waals surface area contributed by atoms with Crippen molar-refractivity contribution in [2.45, 2.75) is 26.4 Å². The third-order valence-corrected chi connectivity index (χ3v) is 4.80. The van der Waals surface area contributed by atoms with Crippen molar-refractivity contribution in [1.29, 1.82) is 0 Å². The third kappa shape index (κ3) is 4.33. The van der Waals surface area contributed by atoms with Crippen molar-refractivity contribution in [3.05, 3.63) is 40.1 Å². The summed E-state index contributed by atoms with van der Waals surface area (Å²) in [5.74, 6) is 0.814. The number of amides is 1. The lowest BCUT2D eigenvalue weighted by atomic mass is 10.1. The summed E-state index contributed by atoms with van der Waals surface area (Å²) in [5, 5.41) is 9.35. The van der Waals surface area contributed by atoms with Crippen LogP contribution in [-0.4, -0.2) is 42.7 Å². The standard InChI is InChI=1S/C18H23NO3S/c1-12(20)9-10-19(3)18(21)17-11-16(13(2)23-17)14-5-7-15(22-4)8-6-14/h5-8,11-12,20H,9-10H2,1-4H3. The lowest BCUT2D eigenvalue weighted by Crippen LogP contribution is -2.28. The van der Waals surface area contributed by atoms with Gasteiger partial charge in [0.25, 0.3) is 5.91 Å². The molecule has 4 nitrogen and oxygen atoms in total. The van der Waals surface area contributed by atoms with Crippen LogP contribution in [0.5, 0.6) is 5.75 Å². The summed E-state index contributed by atoms with van der Waals surface area (Å²) in [6, 6.07) is 9.78. The summed E-state index contributed by atoms with van der Waals surface area (Å²) in [5.41, 5.74) is 2.15. The SMILES string of the molecule is COc1ccc(-c2cc(C(=O)N(C)CCC(C)O)sc2C)cc1. The van der Waals surface area contributed by atoms with Gasteiger partial charge in [0, 0.05) is 18.5 Å². The van der Waals surface area contributed by atoms with Gasteiger partial charge in [0.2, 0.25) is 0 Å². The van der Waals surface area contributed by atoms with Gasteiger partial charge in [-0.3, -0.25) is 4.79 Å². The number of nitrogens with zero attached hydrogens (tertiary/aromatic N) is 1. The Morgan fingerprint density at radius 3 is 2.57 bits per heavy atom. The minimum absolute atomic E-state index is 0.00138. The molecule has 1 atom stereocenters. The van der Waals surface area contributed by atoms with Crippen molar-refractivity contribution in [2.75, 3.05) is 20.7 Å². The number of hydrogen-bond donors (Lipinski definition) is 1. The van der Waals surface area contributed by atoms with E-state index in [0.29, 0.717) is 13.0 Å². The van der Waals surface area contributed by atoms with E-state index < -0.39 is 6.10 Å². The van der Waals surface area contributed by atoms with Crippen LogP contribution in [0.25, 0.3) is 11.1 Å². The zero-order valence-corrected chi connectivity index (χ0v) is 14.8. The number of thiophene rings is 1. The van der Waals surface area contributed by atoms with Gasteiger partial charge < -0.3 is 14.7 Å². The predicted molar refractivity (Wildman–Crippen MR) is 94.3 cm³/mol. The number of hydrogen-bond acceptors (Lipinski definition) is 4. The van der Waals surface area contributed by atoms with E-state index >= 15 is 0 Å². The molecule has 0 aliphatic heterocycles. The molecule has 1 aromatic carbocycles. The molecule has 0 fully saturated rings. The summed E-state index contributed by atoms with van der Waals surface area (Å²) in [4.78, 5) is 16.0. The van der Waals surface area contributed by atoms with Gasteiger partial charge in [0.1, 0.15) is 5.75 Å². The maximum atomic E-state index is 12.5. The second-order valence-corrected chi connectivity index (χ2v) is 6.93. The van der Waals surface area contributed by atoms with Gasteiger partial charge in [0.05, 0.1) is 18.1 Å². The van der Waals surface area contributed by atoms with Crippen molar-refractivity contribution in [2.24, 2.45) is 0 Å². The van der Waals surface area contributed by atoms with Gasteiger partial charge in [-0.05, 0) is 49.6 Å². The Bertz CT molecular complexity index is 661. The van der Waals surface area contributed by atoms with Crippen LogP contribution in [-0.2, 0) is 0 Å². The number of rotatable bonds is 6. The fraction of sp³-hybridized carbons (Fsp3) is 0.389. The van der Waals surface area contributed by atoms with E-state index in [1.165, 1.54) is 11.3 Å². The molecule has 1 aromatic heterocycles. The van der Waals surface area contributed by atoms with E-state index in [1.807, 2.05) is 37.3 Å². The highest BCUT2D eigenvalue weighted by Crippen LogP contribution is 2.32. The Morgan fingerprint density at radius 2 is 2.00 bits per heavy atom. The van der Waals surface area contributed by atoms with E-state index in [4.69, 9.17) is 4.74 Å². The number of aryl methyl sites for hydroxylation is 1. The van der Waals surface area contributed by atoms with E-state index in [0.717, 1.165) is 26.6 Å².